The maximum absolute atomic E-state index is 13.7. The van der Waals surface area contributed by atoms with Gasteiger partial charge in [-0.1, -0.05) is 0 Å². The number of hydrogen-bond donors (Lipinski definition) is 1. The number of nitrogens with one attached hydrogen (secondary N) is 1. The molecule has 24 heavy (non-hydrogen) atoms. The molecule has 1 aliphatic rings. The molecule has 0 bridgehead atoms. The van der Waals surface area contributed by atoms with Gasteiger partial charge in [-0.15, -0.1) is 0 Å². The molecule has 1 aromatic carbocycles. The van der Waals surface area contributed by atoms with Crippen LogP contribution in [0, 0.1) is 11.6 Å². The van der Waals surface area contributed by atoms with E-state index in [-0.39, 0.29) is 24.4 Å². The minimum atomic E-state index is -0.698. The molecule has 1 aliphatic heterocycles. The lowest BCUT2D eigenvalue weighted by atomic mass is 10.3. The Kier molecular flexibility index (Phi) is 4.75. The quantitative estimate of drug-likeness (QED) is 0.934. The average molecular weight is 336 g/mol. The molecule has 0 spiro atoms. The summed E-state index contributed by atoms with van der Waals surface area (Å²) in [6.07, 6.45) is 3.15. The normalized spacial score (nSPS) is 17.8. The molecule has 8 heteroatoms. The van der Waals surface area contributed by atoms with Gasteiger partial charge in [-0.3, -0.25) is 0 Å². The number of nitrogens with zero attached hydrogens (tertiary/aromatic N) is 3. The van der Waals surface area contributed by atoms with E-state index in [0.717, 1.165) is 6.07 Å². The summed E-state index contributed by atoms with van der Waals surface area (Å²) in [5.41, 5.74) is 0.865. The number of carbonyl (C=O) groups excluding carboxylic acids is 1. The minimum absolute atomic E-state index is 0.0219. The van der Waals surface area contributed by atoms with Crippen LogP contribution in [0.4, 0.5) is 13.6 Å². The number of urea groups is 1. The van der Waals surface area contributed by atoms with Crippen molar-refractivity contribution in [1.82, 2.24) is 20.0 Å². The Morgan fingerprint density at radius 3 is 3.04 bits per heavy atom. The summed E-state index contributed by atoms with van der Waals surface area (Å²) in [4.78, 5) is 13.8. The second-order valence-electron chi connectivity index (χ2n) is 5.68. The van der Waals surface area contributed by atoms with Crippen molar-refractivity contribution in [2.75, 3.05) is 19.7 Å². The van der Waals surface area contributed by atoms with Gasteiger partial charge in [0, 0.05) is 37.5 Å². The van der Waals surface area contributed by atoms with E-state index in [1.807, 2.05) is 6.92 Å². The van der Waals surface area contributed by atoms with Crippen LogP contribution in [0.3, 0.4) is 0 Å². The Balaban J connectivity index is 1.61. The smallest absolute Gasteiger partial charge is 0.317 e. The molecule has 1 saturated heterocycles. The van der Waals surface area contributed by atoms with Gasteiger partial charge in [0.25, 0.3) is 0 Å². The van der Waals surface area contributed by atoms with Crippen LogP contribution >= 0.6 is 0 Å². The first kappa shape index (κ1) is 16.4. The Morgan fingerprint density at radius 1 is 1.46 bits per heavy atom. The van der Waals surface area contributed by atoms with Crippen molar-refractivity contribution < 1.29 is 18.3 Å². The Morgan fingerprint density at radius 2 is 2.29 bits per heavy atom. The molecule has 0 radical (unpaired) electrons. The highest BCUT2D eigenvalue weighted by Gasteiger charge is 2.21. The lowest BCUT2D eigenvalue weighted by molar-refractivity contribution is -0.00351. The van der Waals surface area contributed by atoms with E-state index in [4.69, 9.17) is 4.74 Å². The van der Waals surface area contributed by atoms with Crippen molar-refractivity contribution >= 4 is 6.03 Å². The Hall–Kier alpha value is -2.48. The zero-order valence-corrected chi connectivity index (χ0v) is 13.2. The van der Waals surface area contributed by atoms with Gasteiger partial charge in [0.2, 0.25) is 0 Å². The Bertz CT molecular complexity index is 735. The van der Waals surface area contributed by atoms with Crippen LogP contribution in [0.1, 0.15) is 12.5 Å². The largest absolute Gasteiger partial charge is 0.375 e. The molecule has 0 unspecified atom stereocenters. The first-order valence-corrected chi connectivity index (χ1v) is 7.66. The van der Waals surface area contributed by atoms with E-state index in [1.165, 1.54) is 23.0 Å². The minimum Gasteiger partial charge on any atom is -0.375 e. The lowest BCUT2D eigenvalue weighted by Gasteiger charge is -2.31. The van der Waals surface area contributed by atoms with Crippen LogP contribution in [0.25, 0.3) is 5.69 Å². The number of rotatable bonds is 3. The molecule has 2 amide bonds. The molecule has 128 valence electrons. The van der Waals surface area contributed by atoms with E-state index in [1.54, 1.807) is 11.1 Å². The predicted molar refractivity (Wildman–Crippen MR) is 82.7 cm³/mol. The zero-order valence-electron chi connectivity index (χ0n) is 13.2. The van der Waals surface area contributed by atoms with Crippen molar-refractivity contribution in [3.05, 3.63) is 47.8 Å². The third kappa shape index (κ3) is 3.70. The van der Waals surface area contributed by atoms with Gasteiger partial charge in [-0.05, 0) is 19.1 Å². The van der Waals surface area contributed by atoms with Gasteiger partial charge >= 0.3 is 6.03 Å². The first-order chi connectivity index (χ1) is 11.5. The van der Waals surface area contributed by atoms with E-state index in [0.29, 0.717) is 25.3 Å². The van der Waals surface area contributed by atoms with E-state index >= 15 is 0 Å². The average Bonchev–Trinajstić information content (AvgIpc) is 3.01. The highest BCUT2D eigenvalue weighted by molar-refractivity contribution is 5.74. The lowest BCUT2D eigenvalue weighted by Crippen LogP contribution is -2.48. The molecular weight excluding hydrogens is 318 g/mol. The summed E-state index contributed by atoms with van der Waals surface area (Å²) < 4.78 is 33.4. The fourth-order valence-corrected chi connectivity index (χ4v) is 2.54. The van der Waals surface area contributed by atoms with Crippen molar-refractivity contribution in [3.8, 4) is 5.69 Å². The third-order valence-corrected chi connectivity index (χ3v) is 3.76. The topological polar surface area (TPSA) is 59.4 Å². The number of carbonyl (C=O) groups is 1. The summed E-state index contributed by atoms with van der Waals surface area (Å²) in [7, 11) is 0. The first-order valence-electron chi connectivity index (χ1n) is 7.66. The molecule has 0 aliphatic carbocycles. The second kappa shape index (κ2) is 6.96. The number of hydrogen-bond acceptors (Lipinski definition) is 3. The molecule has 1 aromatic heterocycles. The Labute approximate surface area is 138 Å². The molecular formula is C16H18F2N4O2. The number of ether oxygens (including phenoxy) is 1. The van der Waals surface area contributed by atoms with Gasteiger partial charge < -0.3 is 15.0 Å². The molecule has 2 aromatic rings. The zero-order chi connectivity index (χ0) is 17.1. The summed E-state index contributed by atoms with van der Waals surface area (Å²) in [5.74, 6) is -1.34. The highest BCUT2D eigenvalue weighted by Crippen LogP contribution is 2.14. The monoisotopic (exact) mass is 336 g/mol. The molecule has 1 N–H and O–H groups in total. The van der Waals surface area contributed by atoms with Crippen LogP contribution in [0.15, 0.2) is 30.6 Å². The molecule has 3 rings (SSSR count). The SMILES string of the molecule is C[C@@H]1CN(C(=O)NCc2cnn(-c3ccc(F)cc3F)c2)CCO1. The highest BCUT2D eigenvalue weighted by atomic mass is 19.1. The van der Waals surface area contributed by atoms with Crippen LogP contribution in [0.2, 0.25) is 0 Å². The van der Waals surface area contributed by atoms with Crippen LogP contribution in [-0.4, -0.2) is 46.5 Å². The van der Waals surface area contributed by atoms with Crippen molar-refractivity contribution in [2.45, 2.75) is 19.6 Å². The number of amides is 2. The number of morpholine rings is 1. The van der Waals surface area contributed by atoms with E-state index in [9.17, 15) is 13.6 Å². The fraction of sp³-hybridized carbons (Fsp3) is 0.375. The number of aromatic nitrogens is 2. The molecule has 0 saturated carbocycles. The summed E-state index contributed by atoms with van der Waals surface area (Å²) in [6, 6.07) is 3.11. The number of benzene rings is 1. The molecule has 1 atom stereocenters. The van der Waals surface area contributed by atoms with Crippen LogP contribution < -0.4 is 5.32 Å². The van der Waals surface area contributed by atoms with Crippen molar-refractivity contribution in [3.63, 3.8) is 0 Å². The standard InChI is InChI=1S/C16H18F2N4O2/c1-11-9-21(4-5-24-11)16(23)19-7-12-8-20-22(10-12)15-3-2-13(17)6-14(15)18/h2-3,6,8,10-11H,4-5,7,9H2,1H3,(H,19,23)/t11-/m1/s1. The van der Waals surface area contributed by atoms with Crippen LogP contribution in [-0.2, 0) is 11.3 Å². The van der Waals surface area contributed by atoms with Gasteiger partial charge in [-0.2, -0.15) is 5.10 Å². The summed E-state index contributed by atoms with van der Waals surface area (Å²) in [6.45, 7) is 3.81. The summed E-state index contributed by atoms with van der Waals surface area (Å²) >= 11 is 0. The fourth-order valence-electron chi connectivity index (χ4n) is 2.54. The van der Waals surface area contributed by atoms with Crippen molar-refractivity contribution in [1.29, 1.82) is 0 Å². The van der Waals surface area contributed by atoms with Gasteiger partial charge in [0.1, 0.15) is 11.5 Å². The van der Waals surface area contributed by atoms with E-state index in [2.05, 4.69) is 10.4 Å². The second-order valence-corrected chi connectivity index (χ2v) is 5.68. The van der Waals surface area contributed by atoms with Crippen LogP contribution in [0.5, 0.6) is 0 Å². The summed E-state index contributed by atoms with van der Waals surface area (Å²) in [5, 5.41) is 6.85. The maximum Gasteiger partial charge on any atom is 0.317 e. The molecule has 1 fully saturated rings. The molecule has 2 heterocycles. The van der Waals surface area contributed by atoms with Gasteiger partial charge in [0.15, 0.2) is 5.82 Å². The van der Waals surface area contributed by atoms with Crippen molar-refractivity contribution in [2.24, 2.45) is 0 Å². The van der Waals surface area contributed by atoms with Gasteiger partial charge in [-0.25, -0.2) is 18.3 Å². The molecule has 6 nitrogen and oxygen atoms in total. The number of halogens is 2. The van der Waals surface area contributed by atoms with Gasteiger partial charge in [0.05, 0.1) is 18.9 Å². The van der Waals surface area contributed by atoms with E-state index < -0.39 is 11.6 Å². The predicted octanol–water partition coefficient (Wildman–Crippen LogP) is 2.08. The third-order valence-electron chi connectivity index (χ3n) is 3.76. The maximum atomic E-state index is 13.7.